The molecule has 0 aromatic heterocycles. The highest BCUT2D eigenvalue weighted by Gasteiger charge is 2.26. The van der Waals surface area contributed by atoms with Gasteiger partial charge in [-0.1, -0.05) is 44.2 Å². The van der Waals surface area contributed by atoms with Crippen molar-refractivity contribution in [2.24, 2.45) is 0 Å². The highest BCUT2D eigenvalue weighted by molar-refractivity contribution is 5.67. The van der Waals surface area contributed by atoms with Crippen LogP contribution in [0.4, 0.5) is 4.79 Å². The number of amides is 1. The summed E-state index contributed by atoms with van der Waals surface area (Å²) in [6, 6.07) is 9.61. The van der Waals surface area contributed by atoms with Crippen molar-refractivity contribution in [3.8, 4) is 0 Å². The third-order valence-corrected chi connectivity index (χ3v) is 3.49. The molecule has 0 saturated heterocycles. The van der Waals surface area contributed by atoms with Gasteiger partial charge in [-0.25, -0.2) is 4.79 Å². The lowest BCUT2D eigenvalue weighted by molar-refractivity contribution is -0.0157. The van der Waals surface area contributed by atoms with Gasteiger partial charge < -0.3 is 14.8 Å². The lowest BCUT2D eigenvalue weighted by atomic mass is 9.97. The quantitative estimate of drug-likeness (QED) is 0.824. The van der Waals surface area contributed by atoms with E-state index in [0.717, 1.165) is 18.4 Å². The van der Waals surface area contributed by atoms with Crippen LogP contribution in [-0.2, 0) is 16.1 Å². The van der Waals surface area contributed by atoms with Crippen molar-refractivity contribution in [1.82, 2.24) is 5.32 Å². The summed E-state index contributed by atoms with van der Waals surface area (Å²) in [6.07, 6.45) is 1.28. The SMILES string of the molecule is CCC(CC)(CNC(=O)OCc1ccccc1)OC. The summed E-state index contributed by atoms with van der Waals surface area (Å²) in [5.74, 6) is 0. The predicted molar refractivity (Wildman–Crippen MR) is 75.0 cm³/mol. The summed E-state index contributed by atoms with van der Waals surface area (Å²) in [6.45, 7) is 4.84. The van der Waals surface area contributed by atoms with Crippen LogP contribution in [0.2, 0.25) is 0 Å². The molecular formula is C15H23NO3. The summed E-state index contributed by atoms with van der Waals surface area (Å²) < 4.78 is 10.6. The van der Waals surface area contributed by atoms with Crippen LogP contribution in [0.15, 0.2) is 30.3 Å². The number of rotatable bonds is 7. The smallest absolute Gasteiger partial charge is 0.407 e. The standard InChI is InChI=1S/C15H23NO3/c1-4-15(5-2,18-3)12-16-14(17)19-11-13-9-7-6-8-10-13/h6-10H,4-5,11-12H2,1-3H3,(H,16,17). The van der Waals surface area contributed by atoms with Gasteiger partial charge in [-0.05, 0) is 18.4 Å². The second kappa shape index (κ2) is 7.79. The third kappa shape index (κ3) is 4.91. The largest absolute Gasteiger partial charge is 0.445 e. The Morgan fingerprint density at radius 1 is 1.21 bits per heavy atom. The molecule has 0 aliphatic rings. The van der Waals surface area contributed by atoms with E-state index in [1.54, 1.807) is 7.11 Å². The molecule has 0 heterocycles. The molecule has 0 spiro atoms. The van der Waals surface area contributed by atoms with Crippen LogP contribution in [0.25, 0.3) is 0 Å². The summed E-state index contributed by atoms with van der Waals surface area (Å²) in [5.41, 5.74) is 0.674. The average Bonchev–Trinajstić information content (AvgIpc) is 2.48. The normalized spacial score (nSPS) is 11.1. The second-order valence-electron chi connectivity index (χ2n) is 4.51. The molecule has 0 fully saturated rings. The second-order valence-corrected chi connectivity index (χ2v) is 4.51. The van der Waals surface area contributed by atoms with E-state index in [0.29, 0.717) is 6.54 Å². The first kappa shape index (κ1) is 15.5. The molecule has 106 valence electrons. The number of benzene rings is 1. The van der Waals surface area contributed by atoms with Gasteiger partial charge >= 0.3 is 6.09 Å². The Hall–Kier alpha value is -1.55. The molecule has 0 aliphatic carbocycles. The molecule has 1 rings (SSSR count). The molecule has 0 bridgehead atoms. The van der Waals surface area contributed by atoms with Gasteiger partial charge in [0.05, 0.1) is 5.60 Å². The van der Waals surface area contributed by atoms with Crippen LogP contribution >= 0.6 is 0 Å². The van der Waals surface area contributed by atoms with E-state index in [1.165, 1.54) is 0 Å². The minimum atomic E-state index is -0.410. The summed E-state index contributed by atoms with van der Waals surface area (Å²) in [4.78, 5) is 11.6. The van der Waals surface area contributed by atoms with Gasteiger partial charge in [-0.15, -0.1) is 0 Å². The van der Waals surface area contributed by atoms with Gasteiger partial charge in [0.1, 0.15) is 6.61 Å². The topological polar surface area (TPSA) is 47.6 Å². The highest BCUT2D eigenvalue weighted by atomic mass is 16.5. The zero-order valence-electron chi connectivity index (χ0n) is 11.9. The van der Waals surface area contributed by atoms with Crippen LogP contribution < -0.4 is 5.32 Å². The number of methoxy groups -OCH3 is 1. The minimum Gasteiger partial charge on any atom is -0.445 e. The maximum absolute atomic E-state index is 11.6. The lowest BCUT2D eigenvalue weighted by Gasteiger charge is -2.30. The molecule has 0 unspecified atom stereocenters. The number of carbonyl (C=O) groups is 1. The Kier molecular flexibility index (Phi) is 6.36. The van der Waals surface area contributed by atoms with Crippen LogP contribution in [0.1, 0.15) is 32.3 Å². The van der Waals surface area contributed by atoms with Gasteiger partial charge in [-0.2, -0.15) is 0 Å². The number of nitrogens with one attached hydrogen (secondary N) is 1. The Bertz CT molecular complexity index is 366. The molecule has 1 N–H and O–H groups in total. The van der Waals surface area contributed by atoms with Crippen molar-refractivity contribution in [3.63, 3.8) is 0 Å². The fraction of sp³-hybridized carbons (Fsp3) is 0.533. The number of hydrogen-bond donors (Lipinski definition) is 1. The molecule has 0 atom stereocenters. The number of carbonyl (C=O) groups excluding carboxylic acids is 1. The molecule has 1 aromatic rings. The van der Waals surface area contributed by atoms with Crippen molar-refractivity contribution in [2.75, 3.05) is 13.7 Å². The van der Waals surface area contributed by atoms with Gasteiger partial charge in [0.25, 0.3) is 0 Å². The van der Waals surface area contributed by atoms with Gasteiger partial charge in [-0.3, -0.25) is 0 Å². The van der Waals surface area contributed by atoms with Crippen molar-refractivity contribution in [2.45, 2.75) is 38.9 Å². The fourth-order valence-corrected chi connectivity index (χ4v) is 1.87. The number of ether oxygens (including phenoxy) is 2. The van der Waals surface area contributed by atoms with E-state index in [2.05, 4.69) is 5.32 Å². The fourth-order valence-electron chi connectivity index (χ4n) is 1.87. The lowest BCUT2D eigenvalue weighted by Crippen LogP contribution is -2.43. The maximum Gasteiger partial charge on any atom is 0.407 e. The molecule has 0 saturated carbocycles. The summed E-state index contributed by atoms with van der Waals surface area (Å²) >= 11 is 0. The number of alkyl carbamates (subject to hydrolysis) is 1. The van der Waals surface area contributed by atoms with E-state index in [4.69, 9.17) is 9.47 Å². The Morgan fingerprint density at radius 3 is 2.37 bits per heavy atom. The first-order chi connectivity index (χ1) is 9.15. The zero-order valence-corrected chi connectivity index (χ0v) is 11.9. The van der Waals surface area contributed by atoms with E-state index in [-0.39, 0.29) is 12.2 Å². The van der Waals surface area contributed by atoms with Crippen LogP contribution in [0, 0.1) is 0 Å². The zero-order chi connectivity index (χ0) is 14.1. The molecule has 19 heavy (non-hydrogen) atoms. The van der Waals surface area contributed by atoms with Gasteiger partial charge in [0.2, 0.25) is 0 Å². The molecule has 4 heteroatoms. The Labute approximate surface area is 115 Å². The van der Waals surface area contributed by atoms with Crippen LogP contribution in [0.5, 0.6) is 0 Å². The first-order valence-corrected chi connectivity index (χ1v) is 6.65. The van der Waals surface area contributed by atoms with Gasteiger partial charge in [0, 0.05) is 13.7 Å². The Balaban J connectivity index is 2.35. The predicted octanol–water partition coefficient (Wildman–Crippen LogP) is 3.12. The van der Waals surface area contributed by atoms with Crippen molar-refractivity contribution < 1.29 is 14.3 Å². The molecule has 1 aromatic carbocycles. The third-order valence-electron chi connectivity index (χ3n) is 3.49. The van der Waals surface area contributed by atoms with E-state index < -0.39 is 6.09 Å². The van der Waals surface area contributed by atoms with Crippen molar-refractivity contribution >= 4 is 6.09 Å². The van der Waals surface area contributed by atoms with Crippen LogP contribution in [-0.4, -0.2) is 25.3 Å². The molecule has 1 amide bonds. The summed E-state index contributed by atoms with van der Waals surface area (Å²) in [5, 5.41) is 2.76. The molecule has 4 nitrogen and oxygen atoms in total. The van der Waals surface area contributed by atoms with Crippen molar-refractivity contribution in [1.29, 1.82) is 0 Å². The molecule has 0 aliphatic heterocycles. The highest BCUT2D eigenvalue weighted by Crippen LogP contribution is 2.18. The number of hydrogen-bond acceptors (Lipinski definition) is 3. The minimum absolute atomic E-state index is 0.283. The Morgan fingerprint density at radius 2 is 1.84 bits per heavy atom. The van der Waals surface area contributed by atoms with Crippen LogP contribution in [0.3, 0.4) is 0 Å². The average molecular weight is 265 g/mol. The first-order valence-electron chi connectivity index (χ1n) is 6.65. The van der Waals surface area contributed by atoms with E-state index in [9.17, 15) is 4.79 Å². The van der Waals surface area contributed by atoms with Crippen molar-refractivity contribution in [3.05, 3.63) is 35.9 Å². The van der Waals surface area contributed by atoms with E-state index >= 15 is 0 Å². The van der Waals surface area contributed by atoms with E-state index in [1.807, 2.05) is 44.2 Å². The molecular weight excluding hydrogens is 242 g/mol. The monoisotopic (exact) mass is 265 g/mol. The summed E-state index contributed by atoms with van der Waals surface area (Å²) in [7, 11) is 1.67. The maximum atomic E-state index is 11.6. The molecule has 0 radical (unpaired) electrons. The van der Waals surface area contributed by atoms with Gasteiger partial charge in [0.15, 0.2) is 0 Å².